The molecule has 0 N–H and O–H groups in total. The summed E-state index contributed by atoms with van der Waals surface area (Å²) < 4.78 is 0. The smallest absolute Gasteiger partial charge is 0.336 e. The minimum atomic E-state index is -0.903. The van der Waals surface area contributed by atoms with Gasteiger partial charge < -0.3 is 14.7 Å². The molecule has 11 nitrogen and oxygen atoms in total. The lowest BCUT2D eigenvalue weighted by molar-refractivity contribution is -0.422. The second-order valence-electron chi connectivity index (χ2n) is 7.19. The Bertz CT molecular complexity index is 1050. The molecule has 170 valence electrons. The Labute approximate surface area is 189 Å². The number of piperazine rings is 1. The average Bonchev–Trinajstić information content (AvgIpc) is 2.77. The maximum Gasteiger partial charge on any atom is 0.346 e. The number of carbonyl (C=O) groups excluding carboxylic acids is 2. The van der Waals surface area contributed by atoms with E-state index in [0.717, 1.165) is 31.3 Å². The molecule has 0 radical (unpaired) electrons. The molecule has 0 aromatic heterocycles. The molecule has 1 aliphatic heterocycles. The van der Waals surface area contributed by atoms with Gasteiger partial charge in [0.15, 0.2) is 0 Å². The molecule has 2 aromatic carbocycles. The van der Waals surface area contributed by atoms with E-state index in [1.807, 2.05) is 7.05 Å². The van der Waals surface area contributed by atoms with Crippen LogP contribution < -0.4 is 4.90 Å². The highest BCUT2D eigenvalue weighted by Crippen LogP contribution is 2.29. The molecule has 1 aliphatic rings. The fourth-order valence-corrected chi connectivity index (χ4v) is 3.39. The Balaban J connectivity index is 0.00000363. The Morgan fingerprint density at radius 3 is 2.12 bits per heavy atom. The van der Waals surface area contributed by atoms with E-state index in [9.17, 15) is 29.8 Å². The molecule has 0 spiro atoms. The SMILES string of the molecule is CN1CCN(C(=O)c2ccccc2N(C)C(=O)c2ccc([N+](=O)[O-])c([N+](=O)[O-])c2)CC1.Cl. The van der Waals surface area contributed by atoms with Gasteiger partial charge in [0.2, 0.25) is 0 Å². The molecule has 1 fully saturated rings. The van der Waals surface area contributed by atoms with Gasteiger partial charge in [-0.2, -0.15) is 0 Å². The van der Waals surface area contributed by atoms with E-state index in [-0.39, 0.29) is 23.9 Å². The second kappa shape index (κ2) is 10.2. The van der Waals surface area contributed by atoms with Crippen molar-refractivity contribution in [1.29, 1.82) is 0 Å². The minimum absolute atomic E-state index is 0. The van der Waals surface area contributed by atoms with Crippen LogP contribution in [0.1, 0.15) is 20.7 Å². The number of halogens is 1. The molecule has 32 heavy (non-hydrogen) atoms. The number of hydrogen-bond acceptors (Lipinski definition) is 7. The van der Waals surface area contributed by atoms with Crippen molar-refractivity contribution in [3.8, 4) is 0 Å². The molecular formula is C20H22ClN5O6. The van der Waals surface area contributed by atoms with Crippen LogP contribution >= 0.6 is 12.4 Å². The van der Waals surface area contributed by atoms with E-state index < -0.39 is 27.1 Å². The van der Waals surface area contributed by atoms with Crippen molar-refractivity contribution in [2.75, 3.05) is 45.2 Å². The topological polar surface area (TPSA) is 130 Å². The number of likely N-dealkylation sites (N-methyl/N-ethyl adjacent to an activating group) is 1. The summed E-state index contributed by atoms with van der Waals surface area (Å²) in [5.74, 6) is -0.838. The number of benzene rings is 2. The van der Waals surface area contributed by atoms with E-state index in [4.69, 9.17) is 0 Å². The lowest BCUT2D eigenvalue weighted by Gasteiger charge is -2.33. The zero-order valence-electron chi connectivity index (χ0n) is 17.5. The normalized spacial score (nSPS) is 13.8. The zero-order chi connectivity index (χ0) is 22.7. The maximum atomic E-state index is 13.1. The molecule has 0 bridgehead atoms. The second-order valence-corrected chi connectivity index (χ2v) is 7.19. The fraction of sp³-hybridized carbons (Fsp3) is 0.300. The number of hydrogen-bond donors (Lipinski definition) is 0. The van der Waals surface area contributed by atoms with Gasteiger partial charge >= 0.3 is 11.4 Å². The van der Waals surface area contributed by atoms with Crippen LogP contribution in [0.3, 0.4) is 0 Å². The number of para-hydroxylation sites is 1. The van der Waals surface area contributed by atoms with Gasteiger partial charge in [-0.05, 0) is 25.2 Å². The summed E-state index contributed by atoms with van der Waals surface area (Å²) in [4.78, 5) is 51.5. The molecule has 2 aromatic rings. The summed E-state index contributed by atoms with van der Waals surface area (Å²) in [6.07, 6.45) is 0. The number of anilines is 1. The van der Waals surface area contributed by atoms with Gasteiger partial charge in [0.05, 0.1) is 21.1 Å². The quantitative estimate of drug-likeness (QED) is 0.492. The van der Waals surface area contributed by atoms with Crippen molar-refractivity contribution in [2.45, 2.75) is 0 Å². The third kappa shape index (κ3) is 5.01. The summed E-state index contributed by atoms with van der Waals surface area (Å²) >= 11 is 0. The van der Waals surface area contributed by atoms with Crippen LogP contribution in [0.15, 0.2) is 42.5 Å². The zero-order valence-corrected chi connectivity index (χ0v) is 18.3. The van der Waals surface area contributed by atoms with E-state index in [1.165, 1.54) is 11.9 Å². The maximum absolute atomic E-state index is 13.1. The first-order chi connectivity index (χ1) is 14.7. The Morgan fingerprint density at radius 1 is 0.938 bits per heavy atom. The number of nitrogens with zero attached hydrogens (tertiary/aromatic N) is 5. The first-order valence-corrected chi connectivity index (χ1v) is 9.48. The van der Waals surface area contributed by atoms with E-state index in [0.29, 0.717) is 24.3 Å². The van der Waals surface area contributed by atoms with Gasteiger partial charge in [0, 0.05) is 50.9 Å². The lowest BCUT2D eigenvalue weighted by Crippen LogP contribution is -2.47. The number of rotatable bonds is 5. The molecule has 3 rings (SSSR count). The standard InChI is InChI=1S/C20H21N5O6.ClH/c1-21-9-11-23(12-10-21)20(27)15-5-3-4-6-16(15)22(2)19(26)14-7-8-17(24(28)29)18(13-14)25(30)31;/h3-8,13H,9-12H2,1-2H3;1H. The third-order valence-electron chi connectivity index (χ3n) is 5.21. The Morgan fingerprint density at radius 2 is 1.53 bits per heavy atom. The number of carbonyl (C=O) groups is 2. The van der Waals surface area contributed by atoms with Crippen LogP contribution in [0.25, 0.3) is 0 Å². The largest absolute Gasteiger partial charge is 0.346 e. The summed E-state index contributed by atoms with van der Waals surface area (Å²) in [5.41, 5.74) is -0.890. The molecule has 0 aliphatic carbocycles. The van der Waals surface area contributed by atoms with Crippen LogP contribution in [0, 0.1) is 20.2 Å². The van der Waals surface area contributed by atoms with Gasteiger partial charge in [0.25, 0.3) is 11.8 Å². The van der Waals surface area contributed by atoms with E-state index >= 15 is 0 Å². The van der Waals surface area contributed by atoms with Crippen LogP contribution in [-0.4, -0.2) is 71.7 Å². The summed E-state index contributed by atoms with van der Waals surface area (Å²) in [6.45, 7) is 2.62. The highest BCUT2D eigenvalue weighted by atomic mass is 35.5. The molecule has 0 atom stereocenters. The molecular weight excluding hydrogens is 442 g/mol. The molecule has 0 saturated carbocycles. The Hall–Kier alpha value is -3.57. The van der Waals surface area contributed by atoms with Crippen LogP contribution in [0.2, 0.25) is 0 Å². The summed E-state index contributed by atoms with van der Waals surface area (Å²) in [5, 5.41) is 22.2. The monoisotopic (exact) mass is 463 g/mol. The number of amides is 2. The van der Waals surface area contributed by atoms with E-state index in [2.05, 4.69) is 4.90 Å². The van der Waals surface area contributed by atoms with Crippen molar-refractivity contribution in [1.82, 2.24) is 9.80 Å². The first kappa shape index (κ1) is 24.7. The molecule has 1 heterocycles. The van der Waals surface area contributed by atoms with Crippen LogP contribution in [0.5, 0.6) is 0 Å². The van der Waals surface area contributed by atoms with Gasteiger partial charge in [-0.1, -0.05) is 12.1 Å². The van der Waals surface area contributed by atoms with Gasteiger partial charge in [-0.25, -0.2) is 0 Å². The third-order valence-corrected chi connectivity index (χ3v) is 5.21. The molecule has 0 unspecified atom stereocenters. The fourth-order valence-electron chi connectivity index (χ4n) is 3.39. The minimum Gasteiger partial charge on any atom is -0.336 e. The van der Waals surface area contributed by atoms with Crippen molar-refractivity contribution < 1.29 is 19.4 Å². The van der Waals surface area contributed by atoms with Crippen molar-refractivity contribution in [2.24, 2.45) is 0 Å². The highest BCUT2D eigenvalue weighted by Gasteiger charge is 2.29. The predicted molar refractivity (Wildman–Crippen MR) is 120 cm³/mol. The van der Waals surface area contributed by atoms with Gasteiger partial charge in [-0.3, -0.25) is 29.8 Å². The van der Waals surface area contributed by atoms with Crippen molar-refractivity contribution in [3.63, 3.8) is 0 Å². The molecule has 1 saturated heterocycles. The predicted octanol–water partition coefficient (Wildman–Crippen LogP) is 2.59. The van der Waals surface area contributed by atoms with E-state index in [1.54, 1.807) is 29.2 Å². The highest BCUT2D eigenvalue weighted by molar-refractivity contribution is 6.10. The van der Waals surface area contributed by atoms with Crippen molar-refractivity contribution >= 4 is 41.3 Å². The van der Waals surface area contributed by atoms with Gasteiger partial charge in [0.1, 0.15) is 0 Å². The molecule has 12 heteroatoms. The molecule has 2 amide bonds. The average molecular weight is 464 g/mol. The summed E-state index contributed by atoms with van der Waals surface area (Å²) in [7, 11) is 3.43. The van der Waals surface area contributed by atoms with Crippen LogP contribution in [0.4, 0.5) is 17.1 Å². The van der Waals surface area contributed by atoms with Gasteiger partial charge in [-0.15, -0.1) is 12.4 Å². The number of nitro benzene ring substituents is 2. The summed E-state index contributed by atoms with van der Waals surface area (Å²) in [6, 6.07) is 9.58. The lowest BCUT2D eigenvalue weighted by atomic mass is 10.1. The first-order valence-electron chi connectivity index (χ1n) is 9.48. The van der Waals surface area contributed by atoms with Crippen LogP contribution in [-0.2, 0) is 0 Å². The number of nitro groups is 2. The van der Waals surface area contributed by atoms with Crippen molar-refractivity contribution in [3.05, 3.63) is 73.8 Å². The Kier molecular flexibility index (Phi) is 7.84.